The van der Waals surface area contributed by atoms with Crippen LogP contribution in [0.1, 0.15) is 17.0 Å². The Bertz CT molecular complexity index is 869. The summed E-state index contributed by atoms with van der Waals surface area (Å²) in [6.07, 6.45) is -4.35. The summed E-state index contributed by atoms with van der Waals surface area (Å²) in [5, 5.41) is 0. The zero-order valence-electron chi connectivity index (χ0n) is 13.2. The number of rotatable bonds is 3. The Labute approximate surface area is 136 Å². The zero-order chi connectivity index (χ0) is 17.5. The molecule has 1 heterocycles. The molecule has 24 heavy (non-hydrogen) atoms. The lowest BCUT2D eigenvalue weighted by Gasteiger charge is -2.20. The molecule has 0 saturated carbocycles. The van der Waals surface area contributed by atoms with Crippen molar-refractivity contribution in [2.45, 2.75) is 19.6 Å². The SMILES string of the molecule is Cc1nc2c(N(C)c3ccc(C(F)(F)F)cc3)ccc(CN)c2o1. The van der Waals surface area contributed by atoms with E-state index in [1.165, 1.54) is 12.1 Å². The maximum absolute atomic E-state index is 12.7. The van der Waals surface area contributed by atoms with Gasteiger partial charge in [0.25, 0.3) is 0 Å². The smallest absolute Gasteiger partial charge is 0.416 e. The number of alkyl halides is 3. The molecule has 3 rings (SSSR count). The highest BCUT2D eigenvalue weighted by Gasteiger charge is 2.30. The molecule has 4 nitrogen and oxygen atoms in total. The molecule has 0 radical (unpaired) electrons. The van der Waals surface area contributed by atoms with E-state index in [0.717, 1.165) is 23.4 Å². The van der Waals surface area contributed by atoms with Crippen LogP contribution in [0.15, 0.2) is 40.8 Å². The number of oxazole rings is 1. The summed E-state index contributed by atoms with van der Waals surface area (Å²) in [7, 11) is 1.77. The van der Waals surface area contributed by atoms with Gasteiger partial charge < -0.3 is 15.1 Å². The van der Waals surface area contributed by atoms with E-state index in [9.17, 15) is 13.2 Å². The first kappa shape index (κ1) is 16.3. The summed E-state index contributed by atoms with van der Waals surface area (Å²) < 4.78 is 43.7. The lowest BCUT2D eigenvalue weighted by molar-refractivity contribution is -0.137. The predicted molar refractivity (Wildman–Crippen MR) is 86.1 cm³/mol. The van der Waals surface area contributed by atoms with Crippen molar-refractivity contribution in [1.29, 1.82) is 0 Å². The Morgan fingerprint density at radius 3 is 2.38 bits per heavy atom. The number of anilines is 2. The fraction of sp³-hybridized carbons (Fsp3) is 0.235. The third-order valence-corrected chi connectivity index (χ3v) is 3.87. The van der Waals surface area contributed by atoms with Gasteiger partial charge in [-0.15, -0.1) is 0 Å². The number of aryl methyl sites for hydroxylation is 1. The lowest BCUT2D eigenvalue weighted by Crippen LogP contribution is -2.11. The predicted octanol–water partition coefficient (Wildman–Crippen LogP) is 4.38. The maximum atomic E-state index is 12.7. The van der Waals surface area contributed by atoms with Crippen molar-refractivity contribution in [2.24, 2.45) is 5.73 Å². The van der Waals surface area contributed by atoms with Crippen molar-refractivity contribution < 1.29 is 17.6 Å². The van der Waals surface area contributed by atoms with E-state index in [-0.39, 0.29) is 0 Å². The highest BCUT2D eigenvalue weighted by atomic mass is 19.4. The molecule has 0 bridgehead atoms. The summed E-state index contributed by atoms with van der Waals surface area (Å²) >= 11 is 0. The number of hydrogen-bond acceptors (Lipinski definition) is 4. The van der Waals surface area contributed by atoms with E-state index in [4.69, 9.17) is 10.2 Å². The number of halogens is 3. The Morgan fingerprint density at radius 2 is 1.79 bits per heavy atom. The first-order chi connectivity index (χ1) is 11.3. The molecule has 0 aliphatic rings. The number of hydrogen-bond donors (Lipinski definition) is 1. The third-order valence-electron chi connectivity index (χ3n) is 3.87. The molecule has 2 aromatic carbocycles. The number of nitrogens with two attached hydrogens (primary N) is 1. The molecule has 0 fully saturated rings. The van der Waals surface area contributed by atoms with Crippen molar-refractivity contribution in [2.75, 3.05) is 11.9 Å². The second-order valence-electron chi connectivity index (χ2n) is 5.46. The second-order valence-corrected chi connectivity index (χ2v) is 5.46. The van der Waals surface area contributed by atoms with E-state index in [2.05, 4.69) is 4.98 Å². The molecule has 0 aliphatic carbocycles. The fourth-order valence-corrected chi connectivity index (χ4v) is 2.60. The summed E-state index contributed by atoms with van der Waals surface area (Å²) in [4.78, 5) is 6.15. The maximum Gasteiger partial charge on any atom is 0.416 e. The van der Waals surface area contributed by atoms with E-state index < -0.39 is 11.7 Å². The van der Waals surface area contributed by atoms with Crippen LogP contribution in [0, 0.1) is 6.92 Å². The summed E-state index contributed by atoms with van der Waals surface area (Å²) in [5.74, 6) is 0.507. The Hall–Kier alpha value is -2.54. The molecule has 0 saturated heterocycles. The summed E-state index contributed by atoms with van der Waals surface area (Å²) in [6.45, 7) is 2.05. The largest absolute Gasteiger partial charge is 0.441 e. The normalized spacial score (nSPS) is 11.9. The van der Waals surface area contributed by atoms with Gasteiger partial charge in [0, 0.05) is 31.8 Å². The van der Waals surface area contributed by atoms with Crippen LogP contribution in [0.4, 0.5) is 24.5 Å². The van der Waals surface area contributed by atoms with Gasteiger partial charge in [0.05, 0.1) is 11.3 Å². The minimum absolute atomic E-state index is 0.315. The molecule has 1 aromatic heterocycles. The van der Waals surface area contributed by atoms with Crippen LogP contribution in [0.25, 0.3) is 11.1 Å². The van der Waals surface area contributed by atoms with Gasteiger partial charge in [-0.25, -0.2) is 4.98 Å². The molecule has 7 heteroatoms. The lowest BCUT2D eigenvalue weighted by atomic mass is 10.1. The van der Waals surface area contributed by atoms with Crippen molar-refractivity contribution in [3.05, 3.63) is 53.4 Å². The van der Waals surface area contributed by atoms with E-state index in [1.54, 1.807) is 18.9 Å². The van der Waals surface area contributed by atoms with Crippen LogP contribution < -0.4 is 10.6 Å². The zero-order valence-corrected chi connectivity index (χ0v) is 13.2. The van der Waals surface area contributed by atoms with Crippen LogP contribution in [0.2, 0.25) is 0 Å². The van der Waals surface area contributed by atoms with Crippen molar-refractivity contribution in [3.63, 3.8) is 0 Å². The molecule has 126 valence electrons. The van der Waals surface area contributed by atoms with Gasteiger partial charge in [-0.1, -0.05) is 6.07 Å². The number of aromatic nitrogens is 1. The average molecular weight is 335 g/mol. The first-order valence-electron chi connectivity index (χ1n) is 7.31. The first-order valence-corrected chi connectivity index (χ1v) is 7.31. The molecular weight excluding hydrogens is 319 g/mol. The van der Waals surface area contributed by atoms with Crippen molar-refractivity contribution >= 4 is 22.5 Å². The minimum Gasteiger partial charge on any atom is -0.441 e. The van der Waals surface area contributed by atoms with Crippen molar-refractivity contribution in [3.8, 4) is 0 Å². The minimum atomic E-state index is -4.35. The van der Waals surface area contributed by atoms with Gasteiger partial charge in [-0.3, -0.25) is 0 Å². The van der Waals surface area contributed by atoms with Crippen LogP contribution in [-0.2, 0) is 12.7 Å². The average Bonchev–Trinajstić information content (AvgIpc) is 2.94. The van der Waals surface area contributed by atoms with Crippen LogP contribution >= 0.6 is 0 Å². The molecule has 0 amide bonds. The summed E-state index contributed by atoms with van der Waals surface area (Å²) in [6, 6.07) is 8.65. The number of benzene rings is 2. The quantitative estimate of drug-likeness (QED) is 0.772. The Kier molecular flexibility index (Phi) is 3.96. The molecular formula is C17H16F3N3O. The third kappa shape index (κ3) is 2.82. The van der Waals surface area contributed by atoms with Crippen LogP contribution in [-0.4, -0.2) is 12.0 Å². The van der Waals surface area contributed by atoms with E-state index in [1.807, 2.05) is 12.1 Å². The molecule has 0 atom stereocenters. The topological polar surface area (TPSA) is 55.3 Å². The summed E-state index contributed by atoms with van der Waals surface area (Å²) in [5.41, 5.74) is 8.45. The Morgan fingerprint density at radius 1 is 1.12 bits per heavy atom. The monoisotopic (exact) mass is 335 g/mol. The number of fused-ring (bicyclic) bond motifs is 1. The molecule has 0 spiro atoms. The fourth-order valence-electron chi connectivity index (χ4n) is 2.60. The van der Waals surface area contributed by atoms with Gasteiger partial charge >= 0.3 is 6.18 Å². The molecule has 3 aromatic rings. The van der Waals surface area contributed by atoms with Gasteiger partial charge in [-0.2, -0.15) is 13.2 Å². The second kappa shape index (κ2) is 5.83. The van der Waals surface area contributed by atoms with Crippen LogP contribution in [0.3, 0.4) is 0 Å². The van der Waals surface area contributed by atoms with Gasteiger partial charge in [-0.05, 0) is 30.3 Å². The Balaban J connectivity index is 2.04. The van der Waals surface area contributed by atoms with Crippen LogP contribution in [0.5, 0.6) is 0 Å². The van der Waals surface area contributed by atoms with Gasteiger partial charge in [0.1, 0.15) is 5.52 Å². The molecule has 2 N–H and O–H groups in total. The standard InChI is InChI=1S/C17H16F3N3O/c1-10-22-15-14(8-3-11(9-21)16(15)24-10)23(2)13-6-4-12(5-7-13)17(18,19)20/h3-8H,9,21H2,1-2H3. The van der Waals surface area contributed by atoms with Gasteiger partial charge in [0.2, 0.25) is 0 Å². The molecule has 0 unspecified atom stereocenters. The number of nitrogens with zero attached hydrogens (tertiary/aromatic N) is 2. The van der Waals surface area contributed by atoms with E-state index >= 15 is 0 Å². The van der Waals surface area contributed by atoms with Gasteiger partial charge in [0.15, 0.2) is 11.5 Å². The molecule has 0 aliphatic heterocycles. The highest BCUT2D eigenvalue weighted by molar-refractivity contribution is 5.91. The highest BCUT2D eigenvalue weighted by Crippen LogP contribution is 2.35. The van der Waals surface area contributed by atoms with E-state index in [0.29, 0.717) is 29.2 Å². The van der Waals surface area contributed by atoms with Crippen molar-refractivity contribution in [1.82, 2.24) is 4.98 Å².